The Balaban J connectivity index is 3.26. The fourth-order valence-electron chi connectivity index (χ4n) is 1.34. The summed E-state index contributed by atoms with van der Waals surface area (Å²) in [6.45, 7) is 3.46. The van der Waals surface area contributed by atoms with Gasteiger partial charge in [0, 0.05) is 6.04 Å². The molecule has 0 saturated carbocycles. The predicted molar refractivity (Wildman–Crippen MR) is 67.9 cm³/mol. The Bertz CT molecular complexity index is 491. The SMILES string of the molecule is COc1c(N)cc(S(=O)(=O)NC(C)C)cc1Cl. The summed E-state index contributed by atoms with van der Waals surface area (Å²) < 4.78 is 31.2. The molecule has 0 aliphatic heterocycles. The van der Waals surface area contributed by atoms with Crippen LogP contribution in [0.3, 0.4) is 0 Å². The number of ether oxygens (including phenoxy) is 1. The van der Waals surface area contributed by atoms with Gasteiger partial charge < -0.3 is 10.5 Å². The molecule has 0 amide bonds. The molecule has 0 aliphatic carbocycles. The van der Waals surface area contributed by atoms with Crippen LogP contribution in [-0.4, -0.2) is 21.6 Å². The highest BCUT2D eigenvalue weighted by Gasteiger charge is 2.19. The normalized spacial score (nSPS) is 11.8. The van der Waals surface area contributed by atoms with Crippen LogP contribution in [-0.2, 0) is 10.0 Å². The third kappa shape index (κ3) is 3.24. The summed E-state index contributed by atoms with van der Waals surface area (Å²) in [4.78, 5) is 0.0227. The van der Waals surface area contributed by atoms with Crippen LogP contribution in [0.5, 0.6) is 5.75 Å². The number of sulfonamides is 1. The van der Waals surface area contributed by atoms with Gasteiger partial charge >= 0.3 is 0 Å². The number of hydrogen-bond donors (Lipinski definition) is 2. The lowest BCUT2D eigenvalue weighted by molar-refractivity contribution is 0.417. The fourth-order valence-corrected chi connectivity index (χ4v) is 3.02. The van der Waals surface area contributed by atoms with Gasteiger partial charge in [-0.1, -0.05) is 11.6 Å². The van der Waals surface area contributed by atoms with Crippen LogP contribution >= 0.6 is 11.6 Å². The van der Waals surface area contributed by atoms with E-state index in [4.69, 9.17) is 22.1 Å². The van der Waals surface area contributed by atoms with Crippen molar-refractivity contribution in [1.29, 1.82) is 0 Å². The van der Waals surface area contributed by atoms with Gasteiger partial charge in [-0.05, 0) is 26.0 Å². The second kappa shape index (κ2) is 5.12. The highest BCUT2D eigenvalue weighted by molar-refractivity contribution is 7.89. The zero-order valence-corrected chi connectivity index (χ0v) is 11.4. The van der Waals surface area contributed by atoms with E-state index in [1.807, 2.05) is 0 Å². The molecule has 7 heteroatoms. The summed E-state index contributed by atoms with van der Waals surface area (Å²) in [5, 5.41) is 0.164. The lowest BCUT2D eigenvalue weighted by Gasteiger charge is -2.12. The number of anilines is 1. The first-order valence-electron chi connectivity index (χ1n) is 4.93. The summed E-state index contributed by atoms with van der Waals surface area (Å²) in [5.41, 5.74) is 5.84. The van der Waals surface area contributed by atoms with E-state index < -0.39 is 10.0 Å². The molecule has 1 aromatic carbocycles. The van der Waals surface area contributed by atoms with Crippen molar-refractivity contribution >= 4 is 27.3 Å². The maximum Gasteiger partial charge on any atom is 0.240 e. The lowest BCUT2D eigenvalue weighted by atomic mass is 10.3. The molecule has 0 atom stereocenters. The van der Waals surface area contributed by atoms with Gasteiger partial charge in [0.25, 0.3) is 0 Å². The molecule has 0 heterocycles. The number of benzene rings is 1. The number of methoxy groups -OCH3 is 1. The molecule has 0 aromatic heterocycles. The number of rotatable bonds is 4. The predicted octanol–water partition coefficient (Wildman–Crippen LogP) is 1.62. The average molecular weight is 279 g/mol. The van der Waals surface area contributed by atoms with Gasteiger partial charge in [0.15, 0.2) is 5.75 Å². The Hall–Kier alpha value is -0.980. The van der Waals surface area contributed by atoms with E-state index in [1.54, 1.807) is 13.8 Å². The topological polar surface area (TPSA) is 81.4 Å². The molecule has 1 aromatic rings. The van der Waals surface area contributed by atoms with Crippen LogP contribution in [0.15, 0.2) is 17.0 Å². The smallest absolute Gasteiger partial charge is 0.240 e. The van der Waals surface area contributed by atoms with E-state index in [0.29, 0.717) is 0 Å². The number of halogens is 1. The van der Waals surface area contributed by atoms with Crippen LogP contribution in [0.2, 0.25) is 5.02 Å². The number of nitrogens with two attached hydrogens (primary N) is 1. The van der Waals surface area contributed by atoms with Crippen molar-refractivity contribution in [3.63, 3.8) is 0 Å². The molecular weight excluding hydrogens is 264 g/mol. The zero-order valence-electron chi connectivity index (χ0n) is 9.82. The van der Waals surface area contributed by atoms with Gasteiger partial charge in [-0.25, -0.2) is 13.1 Å². The third-order valence-electron chi connectivity index (χ3n) is 1.95. The van der Waals surface area contributed by atoms with Gasteiger partial charge in [0.2, 0.25) is 10.0 Å². The van der Waals surface area contributed by atoms with Crippen molar-refractivity contribution in [1.82, 2.24) is 4.72 Å². The molecule has 0 unspecified atom stereocenters. The number of nitrogen functional groups attached to an aromatic ring is 1. The van der Waals surface area contributed by atoms with E-state index in [9.17, 15) is 8.42 Å². The van der Waals surface area contributed by atoms with Gasteiger partial charge in [-0.3, -0.25) is 0 Å². The number of hydrogen-bond acceptors (Lipinski definition) is 4. The van der Waals surface area contributed by atoms with Crippen LogP contribution in [0.25, 0.3) is 0 Å². The molecule has 1 rings (SSSR count). The minimum Gasteiger partial charge on any atom is -0.493 e. The van der Waals surface area contributed by atoms with Crippen molar-refractivity contribution in [2.75, 3.05) is 12.8 Å². The van der Waals surface area contributed by atoms with Crippen LogP contribution in [0.1, 0.15) is 13.8 Å². The Labute approximate surface area is 106 Å². The first-order valence-corrected chi connectivity index (χ1v) is 6.79. The van der Waals surface area contributed by atoms with Crippen LogP contribution in [0.4, 0.5) is 5.69 Å². The minimum atomic E-state index is -3.60. The van der Waals surface area contributed by atoms with E-state index >= 15 is 0 Å². The summed E-state index contributed by atoms with van der Waals surface area (Å²) in [5.74, 6) is 0.273. The van der Waals surface area contributed by atoms with E-state index in [-0.39, 0.29) is 27.4 Å². The van der Waals surface area contributed by atoms with Crippen LogP contribution < -0.4 is 15.2 Å². The molecule has 0 radical (unpaired) electrons. The largest absolute Gasteiger partial charge is 0.493 e. The minimum absolute atomic E-state index is 0.0227. The van der Waals surface area contributed by atoms with E-state index in [2.05, 4.69) is 4.72 Å². The molecule has 3 N–H and O–H groups in total. The molecule has 96 valence electrons. The zero-order chi connectivity index (χ0) is 13.2. The van der Waals surface area contributed by atoms with Crippen molar-refractivity contribution in [2.45, 2.75) is 24.8 Å². The van der Waals surface area contributed by atoms with Crippen molar-refractivity contribution in [3.8, 4) is 5.75 Å². The molecule has 0 spiro atoms. The molecule has 0 fully saturated rings. The van der Waals surface area contributed by atoms with Crippen molar-refractivity contribution < 1.29 is 13.2 Å². The molecule has 17 heavy (non-hydrogen) atoms. The molecular formula is C10H15ClN2O3S. The lowest BCUT2D eigenvalue weighted by Crippen LogP contribution is -2.30. The maximum absolute atomic E-state index is 11.9. The molecule has 5 nitrogen and oxygen atoms in total. The maximum atomic E-state index is 11.9. The highest BCUT2D eigenvalue weighted by Crippen LogP contribution is 2.33. The van der Waals surface area contributed by atoms with Crippen LogP contribution in [0, 0.1) is 0 Å². The number of nitrogens with one attached hydrogen (secondary N) is 1. The summed E-state index contributed by atoms with van der Waals surface area (Å²) in [7, 11) is -2.18. The summed E-state index contributed by atoms with van der Waals surface area (Å²) >= 11 is 5.88. The first-order chi connectivity index (χ1) is 7.77. The van der Waals surface area contributed by atoms with Gasteiger partial charge in [0.05, 0.1) is 22.7 Å². The fraction of sp³-hybridized carbons (Fsp3) is 0.400. The standard InChI is InChI=1S/C10H15ClN2O3S/c1-6(2)13-17(14,15)7-4-8(11)10(16-3)9(12)5-7/h4-6,13H,12H2,1-3H3. The van der Waals surface area contributed by atoms with E-state index in [1.165, 1.54) is 19.2 Å². The average Bonchev–Trinajstić information content (AvgIpc) is 2.14. The second-order valence-electron chi connectivity index (χ2n) is 3.80. The van der Waals surface area contributed by atoms with Gasteiger partial charge in [-0.2, -0.15) is 0 Å². The first kappa shape index (κ1) is 14.1. The molecule has 0 aliphatic rings. The quantitative estimate of drug-likeness (QED) is 0.820. The van der Waals surface area contributed by atoms with E-state index in [0.717, 1.165) is 0 Å². The second-order valence-corrected chi connectivity index (χ2v) is 5.92. The Morgan fingerprint density at radius 2 is 2.00 bits per heavy atom. The van der Waals surface area contributed by atoms with Crippen molar-refractivity contribution in [3.05, 3.63) is 17.2 Å². The molecule has 0 bridgehead atoms. The van der Waals surface area contributed by atoms with Gasteiger partial charge in [-0.15, -0.1) is 0 Å². The molecule has 0 saturated heterocycles. The van der Waals surface area contributed by atoms with Crippen molar-refractivity contribution in [2.24, 2.45) is 0 Å². The van der Waals surface area contributed by atoms with Gasteiger partial charge in [0.1, 0.15) is 0 Å². The Morgan fingerprint density at radius 1 is 1.41 bits per heavy atom. The Morgan fingerprint density at radius 3 is 2.41 bits per heavy atom. The Kier molecular flexibility index (Phi) is 4.24. The monoisotopic (exact) mass is 278 g/mol. The summed E-state index contributed by atoms with van der Waals surface area (Å²) in [6, 6.07) is 2.42. The third-order valence-corrected chi connectivity index (χ3v) is 3.87. The highest BCUT2D eigenvalue weighted by atomic mass is 35.5. The summed E-state index contributed by atoms with van der Waals surface area (Å²) in [6.07, 6.45) is 0.